The molecule has 2 aromatic carbocycles. The molecule has 1 atom stereocenters. The van der Waals surface area contributed by atoms with Crippen molar-refractivity contribution in [3.63, 3.8) is 0 Å². The monoisotopic (exact) mass is 356 g/mol. The summed E-state index contributed by atoms with van der Waals surface area (Å²) in [5, 5.41) is 5.77. The molecule has 0 saturated carbocycles. The zero-order valence-corrected chi connectivity index (χ0v) is 15.8. The molecule has 2 aromatic rings. The van der Waals surface area contributed by atoms with Crippen LogP contribution in [-0.4, -0.2) is 24.1 Å². The van der Waals surface area contributed by atoms with Crippen molar-refractivity contribution < 1.29 is 9.59 Å². The van der Waals surface area contributed by atoms with Crippen LogP contribution in [0, 0.1) is 12.8 Å². The van der Waals surface area contributed by atoms with Crippen LogP contribution in [-0.2, 0) is 4.79 Å². The highest BCUT2D eigenvalue weighted by molar-refractivity contribution is 7.98. The number of hydrogen-bond acceptors (Lipinski definition) is 3. The Labute approximate surface area is 153 Å². The smallest absolute Gasteiger partial charge is 0.252 e. The average Bonchev–Trinajstić information content (AvgIpc) is 2.59. The minimum Gasteiger partial charge on any atom is -0.340 e. The van der Waals surface area contributed by atoms with Crippen LogP contribution in [0.3, 0.4) is 0 Å². The molecule has 0 bridgehead atoms. The van der Waals surface area contributed by atoms with Gasteiger partial charge in [-0.1, -0.05) is 38.1 Å². The maximum Gasteiger partial charge on any atom is 0.252 e. The predicted octanol–water partition coefficient (Wildman–Crippen LogP) is 4.11. The van der Waals surface area contributed by atoms with E-state index >= 15 is 0 Å². The molecule has 0 aliphatic carbocycles. The summed E-state index contributed by atoms with van der Waals surface area (Å²) in [4.78, 5) is 26.3. The zero-order chi connectivity index (χ0) is 18.4. The summed E-state index contributed by atoms with van der Waals surface area (Å²) in [7, 11) is 0. The number of thioether (sulfide) groups is 1. The lowest BCUT2D eigenvalue weighted by atomic mass is 10.0. The third-order valence-electron chi connectivity index (χ3n) is 3.96. The van der Waals surface area contributed by atoms with Gasteiger partial charge >= 0.3 is 0 Å². The van der Waals surface area contributed by atoms with Gasteiger partial charge in [0.25, 0.3) is 5.91 Å². The van der Waals surface area contributed by atoms with Gasteiger partial charge in [0.15, 0.2) is 0 Å². The molecular formula is C20H24N2O2S. The van der Waals surface area contributed by atoms with Gasteiger partial charge in [0.2, 0.25) is 5.91 Å². The fraction of sp³-hybridized carbons (Fsp3) is 0.300. The zero-order valence-electron chi connectivity index (χ0n) is 15.0. The van der Waals surface area contributed by atoms with Crippen molar-refractivity contribution in [1.82, 2.24) is 5.32 Å². The summed E-state index contributed by atoms with van der Waals surface area (Å²) in [6.45, 7) is 5.72. The Bertz CT molecular complexity index is 759. The molecule has 2 N–H and O–H groups in total. The first-order valence-corrected chi connectivity index (χ1v) is 9.46. The number of carbonyl (C=O) groups is 2. The molecule has 4 nitrogen and oxygen atoms in total. The Hall–Kier alpha value is -2.27. The molecule has 0 aliphatic rings. The summed E-state index contributed by atoms with van der Waals surface area (Å²) >= 11 is 1.61. The minimum atomic E-state index is -0.606. The van der Waals surface area contributed by atoms with E-state index in [1.54, 1.807) is 17.8 Å². The molecule has 2 amide bonds. The van der Waals surface area contributed by atoms with Gasteiger partial charge in [0.1, 0.15) is 6.04 Å². The van der Waals surface area contributed by atoms with E-state index in [0.29, 0.717) is 5.56 Å². The predicted molar refractivity (Wildman–Crippen MR) is 104 cm³/mol. The van der Waals surface area contributed by atoms with Crippen molar-refractivity contribution in [1.29, 1.82) is 0 Å². The normalized spacial score (nSPS) is 11.9. The first-order chi connectivity index (χ1) is 11.9. The van der Waals surface area contributed by atoms with E-state index < -0.39 is 6.04 Å². The van der Waals surface area contributed by atoms with Gasteiger partial charge in [-0.05, 0) is 48.9 Å². The van der Waals surface area contributed by atoms with E-state index in [1.807, 2.05) is 69.5 Å². The van der Waals surface area contributed by atoms with Crippen molar-refractivity contribution in [2.75, 3.05) is 11.6 Å². The van der Waals surface area contributed by atoms with E-state index in [2.05, 4.69) is 10.6 Å². The molecule has 132 valence electrons. The number of anilines is 1. The quantitative estimate of drug-likeness (QED) is 0.766. The van der Waals surface area contributed by atoms with Crippen molar-refractivity contribution in [3.8, 4) is 0 Å². The minimum absolute atomic E-state index is 0.0308. The van der Waals surface area contributed by atoms with Crippen molar-refractivity contribution in [2.45, 2.75) is 31.7 Å². The fourth-order valence-electron chi connectivity index (χ4n) is 2.50. The third-order valence-corrected chi connectivity index (χ3v) is 4.69. The van der Waals surface area contributed by atoms with Crippen molar-refractivity contribution in [3.05, 3.63) is 59.7 Å². The van der Waals surface area contributed by atoms with E-state index in [9.17, 15) is 9.59 Å². The van der Waals surface area contributed by atoms with E-state index in [4.69, 9.17) is 0 Å². The van der Waals surface area contributed by atoms with Crippen molar-refractivity contribution >= 4 is 29.3 Å². The maximum absolute atomic E-state index is 12.7. The van der Waals surface area contributed by atoms with Gasteiger partial charge in [-0.25, -0.2) is 0 Å². The first-order valence-electron chi connectivity index (χ1n) is 8.23. The standard InChI is InChI=1S/C20H24N2O2S/c1-13(2)18(22-19(23)17-11-6-5-8-14(17)3)20(24)21-15-9-7-10-16(12-15)25-4/h5-13,18H,1-4H3,(H,21,24)(H,22,23). The lowest BCUT2D eigenvalue weighted by molar-refractivity contribution is -0.118. The maximum atomic E-state index is 12.7. The molecule has 2 rings (SSSR count). The lowest BCUT2D eigenvalue weighted by Gasteiger charge is -2.22. The number of aryl methyl sites for hydroxylation is 1. The number of benzene rings is 2. The summed E-state index contributed by atoms with van der Waals surface area (Å²) in [5.41, 5.74) is 2.20. The topological polar surface area (TPSA) is 58.2 Å². The molecule has 5 heteroatoms. The van der Waals surface area contributed by atoms with Gasteiger partial charge < -0.3 is 10.6 Å². The Morgan fingerprint density at radius 2 is 1.76 bits per heavy atom. The van der Waals surface area contributed by atoms with Crippen LogP contribution in [0.1, 0.15) is 29.8 Å². The van der Waals surface area contributed by atoms with Gasteiger partial charge in [-0.2, -0.15) is 0 Å². The molecular weight excluding hydrogens is 332 g/mol. The molecule has 0 spiro atoms. The summed E-state index contributed by atoms with van der Waals surface area (Å²) in [6, 6.07) is 14.4. The summed E-state index contributed by atoms with van der Waals surface area (Å²) in [6.07, 6.45) is 1.99. The Balaban J connectivity index is 2.13. The van der Waals surface area contributed by atoms with Crippen LogP contribution >= 0.6 is 11.8 Å². The highest BCUT2D eigenvalue weighted by Gasteiger charge is 2.25. The second kappa shape index (κ2) is 8.72. The van der Waals surface area contributed by atoms with E-state index in [1.165, 1.54) is 0 Å². The summed E-state index contributed by atoms with van der Waals surface area (Å²) in [5.74, 6) is -0.475. The average molecular weight is 356 g/mol. The molecule has 0 saturated heterocycles. The SMILES string of the molecule is CSc1cccc(NC(=O)C(NC(=O)c2ccccc2C)C(C)C)c1. The molecule has 0 aromatic heterocycles. The number of rotatable bonds is 6. The lowest BCUT2D eigenvalue weighted by Crippen LogP contribution is -2.47. The Kier molecular flexibility index (Phi) is 6.65. The van der Waals surface area contributed by atoms with E-state index in [0.717, 1.165) is 16.1 Å². The van der Waals surface area contributed by atoms with Crippen LogP contribution in [0.5, 0.6) is 0 Å². The molecule has 0 fully saturated rings. The van der Waals surface area contributed by atoms with E-state index in [-0.39, 0.29) is 17.7 Å². The van der Waals surface area contributed by atoms with Crippen LogP contribution in [0.25, 0.3) is 0 Å². The first kappa shape index (κ1) is 19.1. The largest absolute Gasteiger partial charge is 0.340 e. The number of amides is 2. The number of nitrogens with one attached hydrogen (secondary N) is 2. The third kappa shape index (κ3) is 5.10. The highest BCUT2D eigenvalue weighted by atomic mass is 32.2. The fourth-order valence-corrected chi connectivity index (χ4v) is 2.96. The van der Waals surface area contributed by atoms with Crippen molar-refractivity contribution in [2.24, 2.45) is 5.92 Å². The molecule has 0 heterocycles. The number of carbonyl (C=O) groups excluding carboxylic acids is 2. The van der Waals surface area contributed by atoms with Crippen LogP contribution in [0.2, 0.25) is 0 Å². The number of hydrogen-bond donors (Lipinski definition) is 2. The van der Waals surface area contributed by atoms with Gasteiger partial charge in [0, 0.05) is 16.1 Å². The van der Waals surface area contributed by atoms with Gasteiger partial charge in [0.05, 0.1) is 0 Å². The molecule has 0 aliphatic heterocycles. The van der Waals surface area contributed by atoms with Crippen LogP contribution < -0.4 is 10.6 Å². The van der Waals surface area contributed by atoms with Gasteiger partial charge in [-0.3, -0.25) is 9.59 Å². The second-order valence-corrected chi connectivity index (χ2v) is 7.11. The van der Waals surface area contributed by atoms with Gasteiger partial charge in [-0.15, -0.1) is 11.8 Å². The molecule has 1 unspecified atom stereocenters. The van der Waals surface area contributed by atoms with Crippen LogP contribution in [0.15, 0.2) is 53.4 Å². The Morgan fingerprint density at radius 1 is 1.04 bits per heavy atom. The van der Waals surface area contributed by atoms with Crippen LogP contribution in [0.4, 0.5) is 5.69 Å². The molecule has 0 radical (unpaired) electrons. The highest BCUT2D eigenvalue weighted by Crippen LogP contribution is 2.19. The summed E-state index contributed by atoms with van der Waals surface area (Å²) < 4.78 is 0. The molecule has 25 heavy (non-hydrogen) atoms. The Morgan fingerprint density at radius 3 is 2.40 bits per heavy atom. The second-order valence-electron chi connectivity index (χ2n) is 6.23.